The van der Waals surface area contributed by atoms with Crippen LogP contribution in [0.15, 0.2) is 67.1 Å². The number of halogens is 3. The SMILES string of the molecule is C=CCF.C=CN(F)C(N=C)N/C=C/CC.CC.CC.Cc1cc(Cl)cc(-c2nn(C3CCNC3)cc2C)c1. The number of hydrogen-bond acceptors (Lipinski definition) is 5. The van der Waals surface area contributed by atoms with Crippen LogP contribution in [0.25, 0.3) is 11.3 Å². The minimum atomic E-state index is -0.787. The molecule has 1 aliphatic rings. The van der Waals surface area contributed by atoms with Gasteiger partial charge in [0, 0.05) is 29.5 Å². The minimum absolute atomic E-state index is 0.340. The number of rotatable bonds is 9. The Hall–Kier alpha value is -2.97. The molecular formula is C30H49ClF2N6. The van der Waals surface area contributed by atoms with Gasteiger partial charge in [0.2, 0.25) is 6.29 Å². The topological polar surface area (TPSA) is 57.5 Å². The fourth-order valence-electron chi connectivity index (χ4n) is 3.27. The quantitative estimate of drug-likeness (QED) is 0.138. The highest BCUT2D eigenvalue weighted by atomic mass is 35.5. The lowest BCUT2D eigenvalue weighted by molar-refractivity contribution is 0.0314. The van der Waals surface area contributed by atoms with Gasteiger partial charge in [-0.2, -0.15) is 10.2 Å². The lowest BCUT2D eigenvalue weighted by Crippen LogP contribution is -2.33. The van der Waals surface area contributed by atoms with E-state index in [4.69, 9.17) is 16.7 Å². The van der Waals surface area contributed by atoms with Gasteiger partial charge in [-0.25, -0.2) is 4.39 Å². The van der Waals surface area contributed by atoms with E-state index in [-0.39, 0.29) is 0 Å². The number of benzene rings is 1. The molecule has 0 saturated carbocycles. The standard InChI is InChI=1S/C15H18ClN3.C8H14FN3.C3H5F.2C2H6/c1-10-5-12(7-13(16)6-10)15-11(2)9-19(18-15)14-3-4-17-8-14;1-4-6-7-11-8(10-3)12(9)5-2;1-2-3-4;2*1-2/h5-7,9,14,17H,3-4,8H2,1-2H3;5-8,11H,2-4H2,1H3;2H,1,3H2;2*1-2H3/b;7-6+;;;. The van der Waals surface area contributed by atoms with Gasteiger partial charge in [0.05, 0.1) is 11.7 Å². The smallest absolute Gasteiger partial charge is 0.222 e. The predicted molar refractivity (Wildman–Crippen MR) is 167 cm³/mol. The third-order valence-electron chi connectivity index (χ3n) is 4.93. The first kappa shape index (κ1) is 38.2. The van der Waals surface area contributed by atoms with Gasteiger partial charge in [0.25, 0.3) is 0 Å². The maximum atomic E-state index is 12.7. The molecule has 0 radical (unpaired) electrons. The molecule has 2 N–H and O–H groups in total. The summed E-state index contributed by atoms with van der Waals surface area (Å²) in [5.41, 5.74) is 4.51. The second-order valence-corrected chi connectivity index (χ2v) is 8.24. The molecule has 2 atom stereocenters. The number of nitrogens with zero attached hydrogens (tertiary/aromatic N) is 4. The zero-order chi connectivity index (χ0) is 30.2. The number of hydrogen-bond donors (Lipinski definition) is 2. The Morgan fingerprint density at radius 2 is 1.90 bits per heavy atom. The highest BCUT2D eigenvalue weighted by Crippen LogP contribution is 2.27. The Balaban J connectivity index is 0. The zero-order valence-corrected chi connectivity index (χ0v) is 25.6. The van der Waals surface area contributed by atoms with Crippen molar-refractivity contribution in [3.8, 4) is 11.3 Å². The fraction of sp³-hybridized carbons (Fsp3) is 0.467. The molecule has 1 aromatic heterocycles. The van der Waals surface area contributed by atoms with Crippen LogP contribution in [-0.4, -0.2) is 47.7 Å². The molecule has 3 rings (SSSR count). The number of allylic oxidation sites excluding steroid dienone is 2. The van der Waals surface area contributed by atoms with Crippen molar-refractivity contribution >= 4 is 18.3 Å². The van der Waals surface area contributed by atoms with Crippen molar-refractivity contribution in [2.75, 3.05) is 19.8 Å². The van der Waals surface area contributed by atoms with Gasteiger partial charge in [-0.3, -0.25) is 9.67 Å². The van der Waals surface area contributed by atoms with E-state index in [1.807, 2.05) is 52.8 Å². The van der Waals surface area contributed by atoms with Crippen molar-refractivity contribution in [1.82, 2.24) is 25.5 Å². The van der Waals surface area contributed by atoms with Crippen LogP contribution in [0, 0.1) is 13.8 Å². The van der Waals surface area contributed by atoms with Crippen molar-refractivity contribution in [3.05, 3.63) is 78.3 Å². The van der Waals surface area contributed by atoms with Crippen LogP contribution in [0.4, 0.5) is 8.87 Å². The average Bonchev–Trinajstić information content (AvgIpc) is 3.63. The van der Waals surface area contributed by atoms with Gasteiger partial charge in [-0.1, -0.05) is 69.4 Å². The number of aliphatic imine (C=N–C) groups is 1. The molecule has 220 valence electrons. The van der Waals surface area contributed by atoms with E-state index in [2.05, 4.69) is 66.3 Å². The number of nitrogens with one attached hydrogen (secondary N) is 2. The Bertz CT molecular complexity index is 935. The Morgan fingerprint density at radius 1 is 1.26 bits per heavy atom. The van der Waals surface area contributed by atoms with Crippen LogP contribution in [0.3, 0.4) is 0 Å². The van der Waals surface area contributed by atoms with E-state index in [1.54, 1.807) is 6.20 Å². The number of aromatic nitrogens is 2. The predicted octanol–water partition coefficient (Wildman–Crippen LogP) is 8.36. The highest BCUT2D eigenvalue weighted by molar-refractivity contribution is 6.30. The van der Waals surface area contributed by atoms with Crippen molar-refractivity contribution < 1.29 is 8.87 Å². The van der Waals surface area contributed by atoms with Crippen molar-refractivity contribution in [2.45, 2.75) is 73.6 Å². The molecule has 0 amide bonds. The van der Waals surface area contributed by atoms with Gasteiger partial charge in [0.15, 0.2) is 0 Å². The van der Waals surface area contributed by atoms with Crippen LogP contribution in [0.2, 0.25) is 5.02 Å². The van der Waals surface area contributed by atoms with Gasteiger partial charge < -0.3 is 10.6 Å². The lowest BCUT2D eigenvalue weighted by Gasteiger charge is -2.16. The first-order valence-corrected chi connectivity index (χ1v) is 13.8. The average molecular weight is 567 g/mol. The van der Waals surface area contributed by atoms with Crippen molar-refractivity contribution in [3.63, 3.8) is 0 Å². The summed E-state index contributed by atoms with van der Waals surface area (Å²) in [7, 11) is 0. The van der Waals surface area contributed by atoms with Crippen molar-refractivity contribution in [1.29, 1.82) is 0 Å². The third-order valence-corrected chi connectivity index (χ3v) is 5.15. The molecular weight excluding hydrogens is 518 g/mol. The summed E-state index contributed by atoms with van der Waals surface area (Å²) >= 11 is 6.14. The molecule has 9 heteroatoms. The highest BCUT2D eigenvalue weighted by Gasteiger charge is 2.19. The summed E-state index contributed by atoms with van der Waals surface area (Å²) in [4.78, 5) is 3.50. The fourth-order valence-corrected chi connectivity index (χ4v) is 3.56. The third kappa shape index (κ3) is 15.3. The Kier molecular flexibility index (Phi) is 23.6. The summed E-state index contributed by atoms with van der Waals surface area (Å²) in [6, 6.07) is 6.57. The van der Waals surface area contributed by atoms with E-state index in [0.29, 0.717) is 11.2 Å². The molecule has 2 heterocycles. The minimum Gasteiger partial charge on any atom is -0.352 e. The van der Waals surface area contributed by atoms with Crippen LogP contribution in [0.5, 0.6) is 0 Å². The van der Waals surface area contributed by atoms with Gasteiger partial charge in [-0.15, -0.1) is 6.58 Å². The largest absolute Gasteiger partial charge is 0.352 e. The number of aryl methyl sites for hydroxylation is 2. The van der Waals surface area contributed by atoms with Crippen LogP contribution < -0.4 is 10.6 Å². The van der Waals surface area contributed by atoms with E-state index in [1.165, 1.54) is 17.2 Å². The molecule has 1 aliphatic heterocycles. The molecule has 1 fully saturated rings. The van der Waals surface area contributed by atoms with E-state index >= 15 is 0 Å². The summed E-state index contributed by atoms with van der Waals surface area (Å²) in [5.74, 6) is 0. The molecule has 2 aromatic rings. The maximum absolute atomic E-state index is 12.7. The second kappa shape index (κ2) is 24.1. The first-order chi connectivity index (χ1) is 18.8. The lowest BCUT2D eigenvalue weighted by atomic mass is 10.1. The zero-order valence-electron chi connectivity index (χ0n) is 24.9. The molecule has 39 heavy (non-hydrogen) atoms. The van der Waals surface area contributed by atoms with Crippen LogP contribution in [0.1, 0.15) is 64.6 Å². The second-order valence-electron chi connectivity index (χ2n) is 7.81. The van der Waals surface area contributed by atoms with E-state index in [9.17, 15) is 8.87 Å². The molecule has 0 bridgehead atoms. The molecule has 0 aliphatic carbocycles. The van der Waals surface area contributed by atoms with Gasteiger partial charge in [-0.05, 0) is 75.5 Å². The molecule has 6 nitrogen and oxygen atoms in total. The Morgan fingerprint density at radius 3 is 2.36 bits per heavy atom. The van der Waals surface area contributed by atoms with Gasteiger partial charge >= 0.3 is 0 Å². The van der Waals surface area contributed by atoms with Crippen LogP contribution in [-0.2, 0) is 0 Å². The molecule has 1 aromatic carbocycles. The molecule has 1 saturated heterocycles. The summed E-state index contributed by atoms with van der Waals surface area (Å²) in [5, 5.41) is 11.9. The van der Waals surface area contributed by atoms with E-state index < -0.39 is 13.0 Å². The van der Waals surface area contributed by atoms with Gasteiger partial charge in [0.1, 0.15) is 6.67 Å². The van der Waals surface area contributed by atoms with Crippen LogP contribution >= 0.6 is 11.6 Å². The van der Waals surface area contributed by atoms with E-state index in [0.717, 1.165) is 48.4 Å². The normalized spacial score (nSPS) is 14.1. The molecule has 2 unspecified atom stereocenters. The first-order valence-electron chi connectivity index (χ1n) is 13.5. The Labute approximate surface area is 240 Å². The monoisotopic (exact) mass is 566 g/mol. The summed E-state index contributed by atoms with van der Waals surface area (Å²) in [6.07, 6.45) is 9.12. The molecule has 0 spiro atoms. The summed E-state index contributed by atoms with van der Waals surface area (Å²) in [6.45, 7) is 25.4. The van der Waals surface area contributed by atoms with Crippen molar-refractivity contribution in [2.24, 2.45) is 4.99 Å². The maximum Gasteiger partial charge on any atom is 0.222 e. The number of alkyl halides is 1. The summed E-state index contributed by atoms with van der Waals surface area (Å²) < 4.78 is 25.4.